The highest BCUT2D eigenvalue weighted by Crippen LogP contribution is 2.30. The molecule has 2 heterocycles. The van der Waals surface area contributed by atoms with E-state index in [0.29, 0.717) is 24.1 Å². The zero-order valence-corrected chi connectivity index (χ0v) is 20.2. The summed E-state index contributed by atoms with van der Waals surface area (Å²) < 4.78 is 21.6. The number of benzene rings is 1. The van der Waals surface area contributed by atoms with Crippen molar-refractivity contribution in [3.05, 3.63) is 40.5 Å². The van der Waals surface area contributed by atoms with E-state index in [4.69, 9.17) is 30.5 Å². The molecule has 0 aliphatic carbocycles. The number of rotatable bonds is 11. The fourth-order valence-electron chi connectivity index (χ4n) is 3.34. The minimum atomic E-state index is -0.542. The predicted molar refractivity (Wildman–Crippen MR) is 123 cm³/mol. The second-order valence-electron chi connectivity index (χ2n) is 7.10. The molecule has 0 N–H and O–H groups in total. The molecule has 1 saturated heterocycles. The van der Waals surface area contributed by atoms with E-state index in [-0.39, 0.29) is 29.9 Å². The van der Waals surface area contributed by atoms with Gasteiger partial charge >= 0.3 is 5.97 Å². The van der Waals surface area contributed by atoms with Crippen molar-refractivity contribution in [3.63, 3.8) is 0 Å². The third-order valence-corrected chi connectivity index (χ3v) is 5.70. The van der Waals surface area contributed by atoms with Crippen LogP contribution >= 0.6 is 23.4 Å². The second kappa shape index (κ2) is 11.7. The molecule has 1 aromatic heterocycles. The van der Waals surface area contributed by atoms with Crippen molar-refractivity contribution >= 4 is 35.1 Å². The van der Waals surface area contributed by atoms with E-state index in [9.17, 15) is 4.79 Å². The molecule has 8 nitrogen and oxygen atoms in total. The van der Waals surface area contributed by atoms with Crippen molar-refractivity contribution < 1.29 is 23.7 Å². The fourth-order valence-corrected chi connectivity index (χ4v) is 3.99. The highest BCUT2D eigenvalue weighted by molar-refractivity contribution is 7.98. The molecule has 1 fully saturated rings. The molecule has 1 aromatic carbocycles. The summed E-state index contributed by atoms with van der Waals surface area (Å²) in [7, 11) is 1.63. The number of anilines is 1. The Labute approximate surface area is 197 Å². The fraction of sp³-hybridized carbons (Fsp3) is 0.500. The highest BCUT2D eigenvalue weighted by Gasteiger charge is 2.28. The number of nitrogens with zero attached hydrogens (tertiary/aromatic N) is 3. The Morgan fingerprint density at radius 1 is 1.25 bits per heavy atom. The van der Waals surface area contributed by atoms with Crippen LogP contribution in [-0.2, 0) is 20.8 Å². The molecule has 0 saturated carbocycles. The summed E-state index contributed by atoms with van der Waals surface area (Å²) in [6.07, 6.45) is 3.00. The third kappa shape index (κ3) is 6.25. The quantitative estimate of drug-likeness (QED) is 0.199. The number of hydrogen-bond donors (Lipinski definition) is 0. The Hall–Kier alpha value is -2.07. The molecule has 0 spiro atoms. The second-order valence-corrected chi connectivity index (χ2v) is 8.23. The lowest BCUT2D eigenvalue weighted by molar-refractivity contribution is -0.377. The average molecular weight is 482 g/mol. The van der Waals surface area contributed by atoms with Crippen molar-refractivity contribution in [2.75, 3.05) is 31.4 Å². The maximum absolute atomic E-state index is 12.7. The topological polar surface area (TPSA) is 83.0 Å². The molecule has 32 heavy (non-hydrogen) atoms. The lowest BCUT2D eigenvalue weighted by atomic mass is 10.1. The zero-order chi connectivity index (χ0) is 23.1. The minimum Gasteiger partial charge on any atom is -0.497 e. The molecule has 1 aliphatic heterocycles. The lowest BCUT2D eigenvalue weighted by Gasteiger charge is -2.34. The van der Waals surface area contributed by atoms with Gasteiger partial charge in [-0.15, -0.1) is 0 Å². The first-order valence-corrected chi connectivity index (χ1v) is 12.0. The van der Waals surface area contributed by atoms with E-state index in [0.717, 1.165) is 24.2 Å². The zero-order valence-electron chi connectivity index (χ0n) is 18.7. The number of carbonyl (C=O) groups is 1. The van der Waals surface area contributed by atoms with Gasteiger partial charge in [0.25, 0.3) is 0 Å². The SMILES string of the molecule is CCOC(=O)c1c(Cl)nc(SC)nc1N(CCCC1OC(C)O1)Cc1ccc(OC)cc1. The largest absolute Gasteiger partial charge is 0.497 e. The van der Waals surface area contributed by atoms with E-state index < -0.39 is 5.97 Å². The molecule has 174 valence electrons. The predicted octanol–water partition coefficient (Wildman–Crippen LogP) is 4.54. The van der Waals surface area contributed by atoms with E-state index in [1.54, 1.807) is 14.0 Å². The van der Waals surface area contributed by atoms with Crippen LogP contribution in [0, 0.1) is 0 Å². The molecule has 2 aromatic rings. The van der Waals surface area contributed by atoms with Crippen LogP contribution in [0.3, 0.4) is 0 Å². The summed E-state index contributed by atoms with van der Waals surface area (Å²) >= 11 is 7.77. The molecule has 0 bridgehead atoms. The van der Waals surface area contributed by atoms with Crippen LogP contribution in [0.1, 0.15) is 42.6 Å². The Kier molecular flexibility index (Phi) is 8.98. The molecule has 0 amide bonds. The van der Waals surface area contributed by atoms with E-state index in [1.165, 1.54) is 11.8 Å². The Morgan fingerprint density at radius 3 is 2.56 bits per heavy atom. The number of hydrogen-bond acceptors (Lipinski definition) is 9. The molecule has 10 heteroatoms. The van der Waals surface area contributed by atoms with E-state index in [1.807, 2.05) is 42.3 Å². The van der Waals surface area contributed by atoms with E-state index >= 15 is 0 Å². The standard InChI is InChI=1S/C22H28ClN3O5S/c1-5-29-21(27)18-19(23)24-22(32-4)25-20(18)26(12-6-7-17-30-14(2)31-17)13-15-8-10-16(28-3)11-9-15/h8-11,14,17H,5-7,12-13H2,1-4H3. The number of aromatic nitrogens is 2. The number of carbonyl (C=O) groups excluding carboxylic acids is 1. The average Bonchev–Trinajstić information content (AvgIpc) is 2.77. The molecular formula is C22H28ClN3O5S. The summed E-state index contributed by atoms with van der Waals surface area (Å²) in [5, 5.41) is 0.564. The van der Waals surface area contributed by atoms with Crippen LogP contribution < -0.4 is 9.64 Å². The van der Waals surface area contributed by atoms with Gasteiger partial charge in [0, 0.05) is 19.5 Å². The van der Waals surface area contributed by atoms with Gasteiger partial charge in [-0.2, -0.15) is 0 Å². The number of ether oxygens (including phenoxy) is 4. The van der Waals surface area contributed by atoms with Crippen molar-refractivity contribution in [1.29, 1.82) is 0 Å². The van der Waals surface area contributed by atoms with E-state index in [2.05, 4.69) is 9.97 Å². The number of methoxy groups -OCH3 is 1. The summed E-state index contributed by atoms with van der Waals surface area (Å²) in [5.74, 6) is 0.683. The first kappa shape index (κ1) is 24.6. The van der Waals surface area contributed by atoms with Gasteiger partial charge in [-0.3, -0.25) is 0 Å². The van der Waals surface area contributed by atoms with Gasteiger partial charge in [0.1, 0.15) is 22.3 Å². The van der Waals surface area contributed by atoms with Crippen molar-refractivity contribution in [3.8, 4) is 5.75 Å². The molecule has 0 unspecified atom stereocenters. The van der Waals surface area contributed by atoms with Crippen molar-refractivity contribution in [1.82, 2.24) is 9.97 Å². The van der Waals surface area contributed by atoms with Crippen LogP contribution in [0.2, 0.25) is 5.15 Å². The van der Waals surface area contributed by atoms with Gasteiger partial charge in [-0.05, 0) is 44.2 Å². The Balaban J connectivity index is 1.90. The van der Waals surface area contributed by atoms with Crippen LogP contribution in [0.4, 0.5) is 5.82 Å². The van der Waals surface area contributed by atoms with Crippen molar-refractivity contribution in [2.24, 2.45) is 0 Å². The third-order valence-electron chi connectivity index (χ3n) is 4.87. The molecule has 1 aliphatic rings. The molecule has 3 rings (SSSR count). The maximum atomic E-state index is 12.7. The Bertz CT molecular complexity index is 909. The number of esters is 1. The molecular weight excluding hydrogens is 454 g/mol. The monoisotopic (exact) mass is 481 g/mol. The van der Waals surface area contributed by atoms with Gasteiger partial charge in [0.05, 0.1) is 13.7 Å². The molecule has 0 radical (unpaired) electrons. The molecule has 0 atom stereocenters. The summed E-state index contributed by atoms with van der Waals surface area (Å²) in [5.41, 5.74) is 1.20. The van der Waals surface area contributed by atoms with Gasteiger partial charge in [0.15, 0.2) is 17.7 Å². The summed E-state index contributed by atoms with van der Waals surface area (Å²) in [6, 6.07) is 7.76. The summed E-state index contributed by atoms with van der Waals surface area (Å²) in [4.78, 5) is 23.6. The van der Waals surface area contributed by atoms with Crippen LogP contribution in [-0.4, -0.2) is 55.0 Å². The normalized spacial score (nSPS) is 17.5. The minimum absolute atomic E-state index is 0.0806. The number of thioether (sulfide) groups is 1. The summed E-state index contributed by atoms with van der Waals surface area (Å²) in [6.45, 7) is 4.96. The van der Waals surface area contributed by atoms with Gasteiger partial charge < -0.3 is 23.8 Å². The van der Waals surface area contributed by atoms with Crippen LogP contribution in [0.15, 0.2) is 29.4 Å². The lowest BCUT2D eigenvalue weighted by Crippen LogP contribution is -2.39. The smallest absolute Gasteiger partial charge is 0.345 e. The van der Waals surface area contributed by atoms with Crippen LogP contribution in [0.25, 0.3) is 0 Å². The van der Waals surface area contributed by atoms with Gasteiger partial charge in [-0.25, -0.2) is 14.8 Å². The van der Waals surface area contributed by atoms with Gasteiger partial charge in [-0.1, -0.05) is 35.5 Å². The van der Waals surface area contributed by atoms with Gasteiger partial charge in [0.2, 0.25) is 0 Å². The van der Waals surface area contributed by atoms with Crippen molar-refractivity contribution in [2.45, 2.75) is 51.0 Å². The first-order valence-electron chi connectivity index (χ1n) is 10.4. The van der Waals surface area contributed by atoms with Crippen LogP contribution in [0.5, 0.6) is 5.75 Å². The Morgan fingerprint density at radius 2 is 1.97 bits per heavy atom. The number of halogens is 1. The first-order chi connectivity index (χ1) is 15.4. The highest BCUT2D eigenvalue weighted by atomic mass is 35.5. The maximum Gasteiger partial charge on any atom is 0.345 e.